The number of hydrazone groups is 1. The Morgan fingerprint density at radius 2 is 2.19 bits per heavy atom. The van der Waals surface area contributed by atoms with Crippen molar-refractivity contribution in [2.75, 3.05) is 19.1 Å². The molecule has 1 aromatic carbocycles. The van der Waals surface area contributed by atoms with Gasteiger partial charge in [0.15, 0.2) is 5.69 Å². The van der Waals surface area contributed by atoms with Crippen molar-refractivity contribution in [3.63, 3.8) is 0 Å². The molecule has 3 N–H and O–H groups in total. The lowest BCUT2D eigenvalue weighted by molar-refractivity contribution is 0.0944. The van der Waals surface area contributed by atoms with E-state index < -0.39 is 5.91 Å². The van der Waals surface area contributed by atoms with Crippen molar-refractivity contribution in [1.29, 1.82) is 0 Å². The average Bonchev–Trinajstić information content (AvgIpc) is 3.28. The number of thioether (sulfide) groups is 1. The van der Waals surface area contributed by atoms with Gasteiger partial charge in [0, 0.05) is 12.0 Å². The van der Waals surface area contributed by atoms with Gasteiger partial charge in [0.05, 0.1) is 12.8 Å². The maximum atomic E-state index is 12.4. The molecule has 0 saturated carbocycles. The quantitative estimate of drug-likeness (QED) is 0.342. The Morgan fingerprint density at radius 1 is 1.41 bits per heavy atom. The van der Waals surface area contributed by atoms with Crippen molar-refractivity contribution in [2.45, 2.75) is 11.5 Å². The third kappa shape index (κ3) is 4.12. The van der Waals surface area contributed by atoms with E-state index in [0.717, 1.165) is 10.5 Å². The third-order valence-corrected chi connectivity index (χ3v) is 4.19. The van der Waals surface area contributed by atoms with Crippen LogP contribution >= 0.6 is 11.8 Å². The van der Waals surface area contributed by atoms with Gasteiger partial charge in [-0.25, -0.2) is 10.1 Å². The van der Waals surface area contributed by atoms with Crippen LogP contribution in [-0.2, 0) is 11.3 Å². The van der Waals surface area contributed by atoms with Crippen LogP contribution in [0.5, 0.6) is 0 Å². The molecule has 0 radical (unpaired) electrons. The minimum absolute atomic E-state index is 0.0101. The Hall–Kier alpha value is -3.25. The fraction of sp³-hybridized carbons (Fsp3) is 0.200. The first-order chi connectivity index (χ1) is 13.1. The van der Waals surface area contributed by atoms with Crippen LogP contribution in [0.25, 0.3) is 5.82 Å². The molecule has 0 unspecified atom stereocenters. The molecule has 0 aliphatic heterocycles. The number of nitrogens with zero attached hydrogens (tertiary/aromatic N) is 6. The van der Waals surface area contributed by atoms with Gasteiger partial charge < -0.3 is 10.5 Å². The number of hydrogen-bond acceptors (Lipinski definition) is 10. The molecule has 1 amide bonds. The highest BCUT2D eigenvalue weighted by Gasteiger charge is 2.23. The SMILES string of the molecule is COCc1c(C(=O)N/N=C\c2ccc(SC)cc2)nnn1-c1nonc1N. The second kappa shape index (κ2) is 8.42. The first-order valence-electron chi connectivity index (χ1n) is 7.63. The number of rotatable bonds is 7. The van der Waals surface area contributed by atoms with Crippen LogP contribution in [0.2, 0.25) is 0 Å². The zero-order valence-corrected chi connectivity index (χ0v) is 15.3. The summed E-state index contributed by atoms with van der Waals surface area (Å²) in [4.78, 5) is 13.5. The number of nitrogens with one attached hydrogen (secondary N) is 1. The molecule has 3 aromatic rings. The van der Waals surface area contributed by atoms with Crippen molar-refractivity contribution in [3.05, 3.63) is 41.2 Å². The van der Waals surface area contributed by atoms with E-state index >= 15 is 0 Å². The van der Waals surface area contributed by atoms with E-state index in [2.05, 4.69) is 35.8 Å². The van der Waals surface area contributed by atoms with Gasteiger partial charge in [-0.1, -0.05) is 17.3 Å². The van der Waals surface area contributed by atoms with E-state index in [1.807, 2.05) is 30.5 Å². The second-order valence-corrected chi connectivity index (χ2v) is 6.05. The van der Waals surface area contributed by atoms with E-state index in [-0.39, 0.29) is 23.9 Å². The molecule has 0 aliphatic carbocycles. The summed E-state index contributed by atoms with van der Waals surface area (Å²) in [5, 5.41) is 18.8. The lowest BCUT2D eigenvalue weighted by atomic mass is 10.2. The van der Waals surface area contributed by atoms with E-state index in [1.54, 1.807) is 11.8 Å². The van der Waals surface area contributed by atoms with E-state index in [0.29, 0.717) is 5.69 Å². The Kier molecular flexibility index (Phi) is 5.78. The highest BCUT2D eigenvalue weighted by atomic mass is 32.2. The number of methoxy groups -OCH3 is 1. The fourth-order valence-electron chi connectivity index (χ4n) is 2.16. The number of nitrogens with two attached hydrogens (primary N) is 1. The first kappa shape index (κ1) is 18.5. The topological polar surface area (TPSA) is 146 Å². The number of nitrogen functional groups attached to an aromatic ring is 1. The normalized spacial score (nSPS) is 11.2. The summed E-state index contributed by atoms with van der Waals surface area (Å²) in [6, 6.07) is 7.72. The Balaban J connectivity index is 1.77. The van der Waals surface area contributed by atoms with Gasteiger partial charge in [0.2, 0.25) is 11.6 Å². The molecule has 0 aliphatic rings. The predicted octanol–water partition coefficient (Wildman–Crippen LogP) is 0.865. The summed E-state index contributed by atoms with van der Waals surface area (Å²) >= 11 is 1.64. The summed E-state index contributed by atoms with van der Waals surface area (Å²) in [5.74, 6) is -0.429. The lowest BCUT2D eigenvalue weighted by Crippen LogP contribution is -2.20. The van der Waals surface area contributed by atoms with Gasteiger partial charge in [-0.3, -0.25) is 4.79 Å². The van der Waals surface area contributed by atoms with Crippen LogP contribution in [0.4, 0.5) is 5.82 Å². The molecular formula is C15H16N8O3S. The Morgan fingerprint density at radius 3 is 2.81 bits per heavy atom. The van der Waals surface area contributed by atoms with Crippen molar-refractivity contribution in [3.8, 4) is 5.82 Å². The largest absolute Gasteiger partial charge is 0.378 e. The number of aromatic nitrogens is 5. The number of carbonyl (C=O) groups is 1. The fourth-order valence-corrected chi connectivity index (χ4v) is 2.57. The van der Waals surface area contributed by atoms with Crippen LogP contribution in [0.3, 0.4) is 0 Å². The lowest BCUT2D eigenvalue weighted by Gasteiger charge is -2.03. The molecule has 0 fully saturated rings. The van der Waals surface area contributed by atoms with E-state index in [1.165, 1.54) is 18.0 Å². The van der Waals surface area contributed by atoms with Crippen molar-refractivity contribution >= 4 is 29.7 Å². The summed E-state index contributed by atoms with van der Waals surface area (Å²) in [5.41, 5.74) is 9.27. The molecule has 0 saturated heterocycles. The minimum atomic E-state index is -0.555. The molecule has 2 aromatic heterocycles. The smallest absolute Gasteiger partial charge is 0.293 e. The van der Waals surface area contributed by atoms with Gasteiger partial charge in [0.25, 0.3) is 5.91 Å². The highest BCUT2D eigenvalue weighted by Crippen LogP contribution is 2.16. The number of carbonyl (C=O) groups excluding carboxylic acids is 1. The molecule has 2 heterocycles. The zero-order chi connectivity index (χ0) is 19.2. The first-order valence-corrected chi connectivity index (χ1v) is 8.86. The van der Waals surface area contributed by atoms with Gasteiger partial charge in [-0.15, -0.1) is 16.9 Å². The molecule has 0 bridgehead atoms. The molecule has 27 heavy (non-hydrogen) atoms. The van der Waals surface area contributed by atoms with E-state index in [9.17, 15) is 4.79 Å². The van der Waals surface area contributed by atoms with Gasteiger partial charge in [-0.05, 0) is 34.3 Å². The molecule has 3 rings (SSSR count). The Bertz CT molecular complexity index is 950. The number of benzene rings is 1. The number of anilines is 1. The second-order valence-electron chi connectivity index (χ2n) is 5.17. The summed E-state index contributed by atoms with van der Waals surface area (Å²) in [6.07, 6.45) is 3.53. The summed E-state index contributed by atoms with van der Waals surface area (Å²) in [7, 11) is 1.47. The standard InChI is InChI=1S/C15H16N8O3S/c1-25-8-11-12(18-22-23(11)14-13(16)20-26-21-14)15(24)19-17-7-9-3-5-10(27-2)6-4-9/h3-7H,8H2,1-2H3,(H2,16,20)(H,19,24)/b17-7-. The van der Waals surface area contributed by atoms with Crippen LogP contribution in [-0.4, -0.2) is 50.8 Å². The van der Waals surface area contributed by atoms with Crippen LogP contribution in [0, 0.1) is 0 Å². The van der Waals surface area contributed by atoms with Crippen molar-refractivity contribution in [1.82, 2.24) is 30.7 Å². The molecule has 0 spiro atoms. The van der Waals surface area contributed by atoms with Crippen LogP contribution in [0.1, 0.15) is 21.7 Å². The van der Waals surface area contributed by atoms with Gasteiger partial charge in [0.1, 0.15) is 5.69 Å². The molecular weight excluding hydrogens is 372 g/mol. The zero-order valence-electron chi connectivity index (χ0n) is 14.5. The number of amides is 1. The van der Waals surface area contributed by atoms with Gasteiger partial charge in [-0.2, -0.15) is 9.78 Å². The van der Waals surface area contributed by atoms with Crippen molar-refractivity contribution in [2.24, 2.45) is 5.10 Å². The van der Waals surface area contributed by atoms with Crippen LogP contribution < -0.4 is 11.2 Å². The summed E-state index contributed by atoms with van der Waals surface area (Å²) < 4.78 is 10.9. The Labute approximate surface area is 157 Å². The van der Waals surface area contributed by atoms with E-state index in [4.69, 9.17) is 10.5 Å². The summed E-state index contributed by atoms with van der Waals surface area (Å²) in [6.45, 7) is 0.0436. The molecule has 0 atom stereocenters. The molecule has 11 nitrogen and oxygen atoms in total. The van der Waals surface area contributed by atoms with Crippen molar-refractivity contribution < 1.29 is 14.2 Å². The number of ether oxygens (including phenoxy) is 1. The predicted molar refractivity (Wildman–Crippen MR) is 97.6 cm³/mol. The average molecular weight is 388 g/mol. The molecule has 12 heteroatoms. The monoisotopic (exact) mass is 388 g/mol. The maximum Gasteiger partial charge on any atom is 0.293 e. The van der Waals surface area contributed by atoms with Gasteiger partial charge >= 0.3 is 0 Å². The highest BCUT2D eigenvalue weighted by molar-refractivity contribution is 7.98. The number of hydrogen-bond donors (Lipinski definition) is 2. The van der Waals surface area contributed by atoms with Crippen LogP contribution in [0.15, 0.2) is 38.9 Å². The minimum Gasteiger partial charge on any atom is -0.378 e. The maximum absolute atomic E-state index is 12.4. The third-order valence-electron chi connectivity index (χ3n) is 3.45. The molecule has 140 valence electrons.